The number of sulfone groups is 1. The zero-order valence-corrected chi connectivity index (χ0v) is 30.6. The van der Waals surface area contributed by atoms with Gasteiger partial charge < -0.3 is 26.2 Å². The minimum Gasteiger partial charge on any atom is -0.346 e. The number of piperidine rings is 1. The molecule has 2 aliphatic carbocycles. The van der Waals surface area contributed by atoms with E-state index in [9.17, 15) is 32.4 Å². The minimum atomic E-state index is -3.57. The highest BCUT2D eigenvalue weighted by Gasteiger charge is 2.70. The van der Waals surface area contributed by atoms with Crippen LogP contribution in [0.2, 0.25) is 0 Å². The molecule has 2 saturated carbocycles. The van der Waals surface area contributed by atoms with Crippen LogP contribution in [-0.4, -0.2) is 90.1 Å². The number of terminal acetylenes is 1. The summed E-state index contributed by atoms with van der Waals surface area (Å²) >= 11 is 0. The van der Waals surface area contributed by atoms with E-state index in [4.69, 9.17) is 6.42 Å². The van der Waals surface area contributed by atoms with Gasteiger partial charge in [-0.3, -0.25) is 19.2 Å². The van der Waals surface area contributed by atoms with Crippen LogP contribution in [0.25, 0.3) is 0 Å². The number of carbonyl (C=O) groups excluding carboxylic acids is 5. The predicted octanol–water partition coefficient (Wildman–Crippen LogP) is 2.48. The first kappa shape index (κ1) is 39.0. The van der Waals surface area contributed by atoms with Crippen molar-refractivity contribution < 1.29 is 32.4 Å². The minimum absolute atomic E-state index is 0.0213. The summed E-state index contributed by atoms with van der Waals surface area (Å²) in [5, 5.41) is 10.1. The van der Waals surface area contributed by atoms with E-state index >= 15 is 0 Å². The van der Waals surface area contributed by atoms with E-state index in [0.29, 0.717) is 12.8 Å². The Hall–Kier alpha value is -3.40. The molecule has 0 aromatic rings. The third-order valence-electron chi connectivity index (χ3n) is 10.3. The maximum Gasteiger partial charge on any atom is 0.315 e. The van der Waals surface area contributed by atoms with E-state index in [1.807, 2.05) is 13.8 Å². The zero-order valence-electron chi connectivity index (χ0n) is 29.8. The van der Waals surface area contributed by atoms with Crippen molar-refractivity contribution in [3.05, 3.63) is 12.7 Å². The number of nitrogens with one attached hydrogen (secondary N) is 4. The van der Waals surface area contributed by atoms with Crippen molar-refractivity contribution in [1.29, 1.82) is 0 Å². The number of urea groups is 1. The second kappa shape index (κ2) is 14.6. The summed E-state index contributed by atoms with van der Waals surface area (Å²) in [6.45, 7) is 18.3. The van der Waals surface area contributed by atoms with Gasteiger partial charge in [0, 0.05) is 25.6 Å². The molecular formula is C35H55N5O7S. The molecule has 48 heavy (non-hydrogen) atoms. The van der Waals surface area contributed by atoms with Gasteiger partial charge in [-0.2, -0.15) is 0 Å². The molecule has 7 atom stereocenters. The topological polar surface area (TPSA) is 171 Å². The number of hydrogen-bond donors (Lipinski definition) is 4. The first-order chi connectivity index (χ1) is 22.1. The monoisotopic (exact) mass is 689 g/mol. The number of ketones is 1. The molecule has 1 aliphatic heterocycles. The van der Waals surface area contributed by atoms with Crippen molar-refractivity contribution in [3.63, 3.8) is 0 Å². The molecule has 4 N–H and O–H groups in total. The fourth-order valence-electron chi connectivity index (χ4n) is 7.22. The summed E-state index contributed by atoms with van der Waals surface area (Å²) in [6, 6.07) is -4.45. The van der Waals surface area contributed by atoms with Crippen molar-refractivity contribution in [2.45, 2.75) is 128 Å². The maximum absolute atomic E-state index is 14.3. The Morgan fingerprint density at radius 1 is 1.04 bits per heavy atom. The fraction of sp³-hybridized carbons (Fsp3) is 0.743. The molecule has 3 aliphatic rings. The summed E-state index contributed by atoms with van der Waals surface area (Å²) in [7, 11) is -3.57. The van der Waals surface area contributed by atoms with Crippen LogP contribution < -0.4 is 21.3 Å². The average molecular weight is 690 g/mol. The molecule has 0 aromatic carbocycles. The Morgan fingerprint density at radius 2 is 1.67 bits per heavy atom. The van der Waals surface area contributed by atoms with Crippen LogP contribution >= 0.6 is 0 Å². The largest absolute Gasteiger partial charge is 0.346 e. The molecule has 1 heterocycles. The quantitative estimate of drug-likeness (QED) is 0.139. The molecule has 5 amide bonds. The number of nitrogens with zero attached hydrogens (tertiary/aromatic N) is 1. The van der Waals surface area contributed by atoms with Crippen molar-refractivity contribution in [3.8, 4) is 12.3 Å². The van der Waals surface area contributed by atoms with Crippen LogP contribution in [0.15, 0.2) is 12.7 Å². The van der Waals surface area contributed by atoms with Gasteiger partial charge in [-0.1, -0.05) is 53.5 Å². The van der Waals surface area contributed by atoms with Gasteiger partial charge in [0.2, 0.25) is 17.6 Å². The normalized spacial score (nSPS) is 26.1. The molecular weight excluding hydrogens is 634 g/mol. The van der Waals surface area contributed by atoms with E-state index in [0.717, 1.165) is 12.8 Å². The summed E-state index contributed by atoms with van der Waals surface area (Å²) in [4.78, 5) is 68.7. The van der Waals surface area contributed by atoms with E-state index in [-0.39, 0.29) is 43.2 Å². The molecule has 0 radical (unpaired) electrons. The highest BCUT2D eigenvalue weighted by molar-refractivity contribution is 7.93. The average Bonchev–Trinajstić information content (AvgIpc) is 3.30. The third kappa shape index (κ3) is 8.24. The lowest BCUT2D eigenvalue weighted by Crippen LogP contribution is -2.62. The van der Waals surface area contributed by atoms with Crippen LogP contribution in [0.4, 0.5) is 4.79 Å². The lowest BCUT2D eigenvalue weighted by Gasteiger charge is -2.39. The molecule has 0 aromatic heterocycles. The van der Waals surface area contributed by atoms with Crippen molar-refractivity contribution in [2.24, 2.45) is 22.7 Å². The van der Waals surface area contributed by atoms with Crippen LogP contribution in [0.3, 0.4) is 0 Å². The highest BCUT2D eigenvalue weighted by atomic mass is 32.2. The van der Waals surface area contributed by atoms with Gasteiger partial charge in [0.15, 0.2) is 9.84 Å². The number of likely N-dealkylation sites (tertiary alicyclic amines) is 1. The number of rotatable bonds is 12. The van der Waals surface area contributed by atoms with E-state index < -0.39 is 79.0 Å². The Kier molecular flexibility index (Phi) is 11.9. The van der Waals surface area contributed by atoms with E-state index in [2.05, 4.69) is 33.8 Å². The number of Topliss-reactive ketones (excluding diaryl/α,β-unsaturated/α-hetero) is 1. The molecule has 3 fully saturated rings. The number of amides is 5. The molecule has 3 rings (SSSR count). The second-order valence-corrected chi connectivity index (χ2v) is 19.0. The lowest BCUT2D eigenvalue weighted by atomic mass is 9.85. The Bertz CT molecular complexity index is 1440. The SMILES string of the molecule is C#CCCC(NC(=O)[C@@H]1[C@@H]2[C@H](CN1C(=O)[C@@H](NC(=O)N[C@H]1CCCC[C@H]1S(=O)(=O)C(C)(C)C)C(C)(C)C)C2(C)C)C(=O)C(=O)NCC=C. The van der Waals surface area contributed by atoms with Crippen LogP contribution in [0, 0.1) is 35.0 Å². The number of carbonyl (C=O) groups is 5. The Balaban J connectivity index is 1.84. The van der Waals surface area contributed by atoms with E-state index in [1.165, 1.54) is 11.0 Å². The Morgan fingerprint density at radius 3 is 2.23 bits per heavy atom. The van der Waals surface area contributed by atoms with Gasteiger partial charge in [-0.15, -0.1) is 18.9 Å². The highest BCUT2D eigenvalue weighted by Crippen LogP contribution is 2.65. The molecule has 1 unspecified atom stereocenters. The lowest BCUT2D eigenvalue weighted by molar-refractivity contribution is -0.145. The summed E-state index contributed by atoms with van der Waals surface area (Å²) < 4.78 is 25.8. The van der Waals surface area contributed by atoms with Gasteiger partial charge >= 0.3 is 6.03 Å². The van der Waals surface area contributed by atoms with Crippen molar-refractivity contribution in [2.75, 3.05) is 13.1 Å². The van der Waals surface area contributed by atoms with Crippen LogP contribution in [0.1, 0.15) is 93.9 Å². The van der Waals surface area contributed by atoms with Crippen molar-refractivity contribution >= 4 is 39.4 Å². The fourth-order valence-corrected chi connectivity index (χ4v) is 9.24. The van der Waals surface area contributed by atoms with Gasteiger partial charge in [0.1, 0.15) is 12.1 Å². The van der Waals surface area contributed by atoms with Gasteiger partial charge in [-0.25, -0.2) is 13.2 Å². The van der Waals surface area contributed by atoms with Gasteiger partial charge in [0.25, 0.3) is 5.91 Å². The van der Waals surface area contributed by atoms with Crippen LogP contribution in [-0.2, 0) is 29.0 Å². The second-order valence-electron chi connectivity index (χ2n) is 16.1. The Labute approximate surface area is 286 Å². The molecule has 268 valence electrons. The molecule has 1 saturated heterocycles. The van der Waals surface area contributed by atoms with Crippen molar-refractivity contribution in [1.82, 2.24) is 26.2 Å². The maximum atomic E-state index is 14.3. The molecule has 13 heteroatoms. The first-order valence-electron chi connectivity index (χ1n) is 16.9. The summed E-state index contributed by atoms with van der Waals surface area (Å²) in [5.41, 5.74) is -1.02. The molecule has 0 spiro atoms. The molecule has 0 bridgehead atoms. The van der Waals surface area contributed by atoms with Crippen LogP contribution in [0.5, 0.6) is 0 Å². The third-order valence-corrected chi connectivity index (χ3v) is 13.3. The predicted molar refractivity (Wildman–Crippen MR) is 184 cm³/mol. The first-order valence-corrected chi connectivity index (χ1v) is 18.4. The standard InChI is InChI=1S/C35H55N5O7S/c1-11-13-16-23(27(41)30(43)36-19-12-2)37-29(42)26-25-21(35(25,9)10)20-40(26)31(44)28(33(3,4)5)39-32(45)38-22-17-14-15-18-24(22)48(46,47)34(6,7)8/h1,12,21-26,28H,2,13-20H2,3-10H3,(H,36,43)(H,37,42)(H2,38,39,45)/t21-,22-,23?,24+,25-,26-,28+/m0/s1. The number of fused-ring (bicyclic) bond motifs is 1. The summed E-state index contributed by atoms with van der Waals surface area (Å²) in [5.74, 6) is -0.483. The summed E-state index contributed by atoms with van der Waals surface area (Å²) in [6.07, 6.45) is 9.49. The smallest absolute Gasteiger partial charge is 0.315 e. The van der Waals surface area contributed by atoms with Gasteiger partial charge in [-0.05, 0) is 62.7 Å². The zero-order chi connectivity index (χ0) is 36.4. The van der Waals surface area contributed by atoms with E-state index in [1.54, 1.807) is 41.5 Å². The van der Waals surface area contributed by atoms with Gasteiger partial charge in [0.05, 0.1) is 16.0 Å². The molecule has 12 nitrogen and oxygen atoms in total. The number of hydrogen-bond acceptors (Lipinski definition) is 7.